The van der Waals surface area contributed by atoms with Gasteiger partial charge in [0.25, 0.3) is 0 Å². The Kier molecular flexibility index (Phi) is 6.02. The van der Waals surface area contributed by atoms with Crippen LogP contribution in [0.2, 0.25) is 0 Å². The Morgan fingerprint density at radius 2 is 1.79 bits per heavy atom. The van der Waals surface area contributed by atoms with Gasteiger partial charge in [0.2, 0.25) is 10.0 Å². The third kappa shape index (κ3) is 4.04. The van der Waals surface area contributed by atoms with Crippen molar-refractivity contribution in [2.24, 2.45) is 5.41 Å². The highest BCUT2D eigenvalue weighted by molar-refractivity contribution is 9.09. The maximum absolute atomic E-state index is 12.3. The fourth-order valence-corrected chi connectivity index (χ4v) is 4.31. The lowest BCUT2D eigenvalue weighted by Gasteiger charge is -2.29. The maximum atomic E-state index is 12.3. The molecule has 0 heterocycles. The van der Waals surface area contributed by atoms with Gasteiger partial charge in [-0.3, -0.25) is 0 Å². The Labute approximate surface area is 125 Å². The quantitative estimate of drug-likeness (QED) is 0.767. The van der Waals surface area contributed by atoms with Crippen LogP contribution in [-0.2, 0) is 10.0 Å². The van der Waals surface area contributed by atoms with Crippen molar-refractivity contribution in [2.45, 2.75) is 38.5 Å². The molecule has 0 saturated heterocycles. The predicted octanol–water partition coefficient (Wildman–Crippen LogP) is 3.47. The Hall–Kier alpha value is -0.390. The van der Waals surface area contributed by atoms with Crippen LogP contribution < -0.4 is 4.72 Å². The highest BCUT2D eigenvalue weighted by Gasteiger charge is 2.27. The van der Waals surface area contributed by atoms with Gasteiger partial charge in [-0.25, -0.2) is 13.1 Å². The van der Waals surface area contributed by atoms with Crippen LogP contribution in [0, 0.1) is 12.3 Å². The van der Waals surface area contributed by atoms with Gasteiger partial charge in [-0.1, -0.05) is 48.0 Å². The number of alkyl halides is 1. The molecule has 0 aromatic heterocycles. The van der Waals surface area contributed by atoms with Crippen molar-refractivity contribution in [1.29, 1.82) is 0 Å². The number of benzene rings is 1. The predicted molar refractivity (Wildman–Crippen MR) is 83.2 cm³/mol. The van der Waals surface area contributed by atoms with E-state index in [0.717, 1.165) is 23.7 Å². The molecule has 0 radical (unpaired) electrons. The van der Waals surface area contributed by atoms with Gasteiger partial charge in [-0.05, 0) is 36.8 Å². The first-order valence-corrected chi connectivity index (χ1v) is 9.12. The molecule has 0 aliphatic heterocycles. The van der Waals surface area contributed by atoms with E-state index in [2.05, 4.69) is 34.5 Å². The molecule has 108 valence electrons. The number of rotatable bonds is 7. The molecular formula is C14H22BrNO2S. The molecule has 3 nitrogen and oxygen atoms in total. The minimum atomic E-state index is -3.43. The van der Waals surface area contributed by atoms with Crippen LogP contribution in [0.5, 0.6) is 0 Å². The lowest BCUT2D eigenvalue weighted by Crippen LogP contribution is -2.38. The zero-order chi connectivity index (χ0) is 14.5. The number of sulfonamides is 1. The molecule has 1 N–H and O–H groups in total. The van der Waals surface area contributed by atoms with Crippen LogP contribution in [0.1, 0.15) is 32.3 Å². The summed E-state index contributed by atoms with van der Waals surface area (Å²) in [4.78, 5) is 0.366. The molecule has 0 amide bonds. The smallest absolute Gasteiger partial charge is 0.211 e. The summed E-state index contributed by atoms with van der Waals surface area (Å²) >= 11 is 3.50. The van der Waals surface area contributed by atoms with Crippen LogP contribution in [0.3, 0.4) is 0 Å². The molecule has 0 aliphatic carbocycles. The molecule has 0 fully saturated rings. The Balaban J connectivity index is 2.90. The Morgan fingerprint density at radius 3 is 2.26 bits per heavy atom. The normalized spacial score (nSPS) is 12.6. The minimum absolute atomic E-state index is 0.0181. The lowest BCUT2D eigenvalue weighted by molar-refractivity contribution is 0.309. The number of hydrogen-bond acceptors (Lipinski definition) is 2. The van der Waals surface area contributed by atoms with Crippen molar-refractivity contribution in [2.75, 3.05) is 11.9 Å². The molecule has 0 aliphatic rings. The van der Waals surface area contributed by atoms with Gasteiger partial charge in [0.05, 0.1) is 4.90 Å². The monoisotopic (exact) mass is 347 g/mol. The summed E-state index contributed by atoms with van der Waals surface area (Å²) in [6.07, 6.45) is 1.87. The Morgan fingerprint density at radius 1 is 1.21 bits per heavy atom. The van der Waals surface area contributed by atoms with Gasteiger partial charge >= 0.3 is 0 Å². The topological polar surface area (TPSA) is 46.2 Å². The van der Waals surface area contributed by atoms with E-state index in [4.69, 9.17) is 0 Å². The van der Waals surface area contributed by atoms with Crippen LogP contribution in [0.4, 0.5) is 0 Å². The summed E-state index contributed by atoms with van der Waals surface area (Å²) in [5, 5.41) is 0.795. The summed E-state index contributed by atoms with van der Waals surface area (Å²) in [5.41, 5.74) is 0.753. The minimum Gasteiger partial charge on any atom is -0.211 e. The molecule has 1 aromatic carbocycles. The van der Waals surface area contributed by atoms with Crippen molar-refractivity contribution >= 4 is 26.0 Å². The van der Waals surface area contributed by atoms with Crippen LogP contribution >= 0.6 is 15.9 Å². The highest BCUT2D eigenvalue weighted by Crippen LogP contribution is 2.28. The SMILES string of the molecule is CCC(CC)(CBr)CNS(=O)(=O)c1ccccc1C. The Bertz CT molecular complexity index is 502. The highest BCUT2D eigenvalue weighted by atomic mass is 79.9. The summed E-state index contributed by atoms with van der Waals surface area (Å²) in [5.74, 6) is 0. The van der Waals surface area contributed by atoms with Crippen LogP contribution in [-0.4, -0.2) is 20.3 Å². The average Bonchev–Trinajstić information content (AvgIpc) is 2.41. The van der Waals surface area contributed by atoms with Gasteiger partial charge in [0.15, 0.2) is 0 Å². The molecule has 5 heteroatoms. The maximum Gasteiger partial charge on any atom is 0.240 e. The third-order valence-corrected chi connectivity index (χ3v) is 6.55. The van der Waals surface area contributed by atoms with Crippen molar-refractivity contribution in [3.63, 3.8) is 0 Å². The molecule has 0 saturated carbocycles. The van der Waals surface area contributed by atoms with Crippen molar-refractivity contribution in [3.8, 4) is 0 Å². The molecule has 19 heavy (non-hydrogen) atoms. The molecule has 0 atom stereocenters. The van der Waals surface area contributed by atoms with Crippen LogP contribution in [0.15, 0.2) is 29.2 Å². The van der Waals surface area contributed by atoms with Crippen molar-refractivity contribution in [3.05, 3.63) is 29.8 Å². The van der Waals surface area contributed by atoms with E-state index < -0.39 is 10.0 Å². The summed E-state index contributed by atoms with van der Waals surface area (Å²) in [7, 11) is -3.43. The van der Waals surface area contributed by atoms with Crippen molar-refractivity contribution in [1.82, 2.24) is 4.72 Å². The summed E-state index contributed by atoms with van der Waals surface area (Å²) in [6, 6.07) is 7.05. The largest absolute Gasteiger partial charge is 0.240 e. The van der Waals surface area contributed by atoms with Gasteiger partial charge in [-0.2, -0.15) is 0 Å². The van der Waals surface area contributed by atoms with E-state index in [0.29, 0.717) is 11.4 Å². The number of halogens is 1. The van der Waals surface area contributed by atoms with Gasteiger partial charge in [0.1, 0.15) is 0 Å². The van der Waals surface area contributed by atoms with E-state index in [9.17, 15) is 8.42 Å². The zero-order valence-corrected chi connectivity index (χ0v) is 14.1. The fourth-order valence-electron chi connectivity index (χ4n) is 1.92. The third-order valence-electron chi connectivity index (χ3n) is 3.80. The number of aryl methyl sites for hydroxylation is 1. The second-order valence-electron chi connectivity index (χ2n) is 4.93. The van der Waals surface area contributed by atoms with Gasteiger partial charge in [-0.15, -0.1) is 0 Å². The van der Waals surface area contributed by atoms with Crippen molar-refractivity contribution < 1.29 is 8.42 Å². The second kappa shape index (κ2) is 6.86. The first-order valence-electron chi connectivity index (χ1n) is 6.52. The van der Waals surface area contributed by atoms with Gasteiger partial charge < -0.3 is 0 Å². The average molecular weight is 348 g/mol. The number of nitrogens with one attached hydrogen (secondary N) is 1. The molecule has 0 bridgehead atoms. The standard InChI is InChI=1S/C14H22BrNO2S/c1-4-14(5-2,10-15)11-16-19(17,18)13-9-7-6-8-12(13)3/h6-9,16H,4-5,10-11H2,1-3H3. The van der Waals surface area contributed by atoms with E-state index in [1.807, 2.05) is 19.1 Å². The summed E-state index contributed by atoms with van der Waals surface area (Å²) < 4.78 is 27.4. The van der Waals surface area contributed by atoms with Gasteiger partial charge in [0, 0.05) is 11.9 Å². The number of hydrogen-bond donors (Lipinski definition) is 1. The first kappa shape index (κ1) is 16.7. The van der Waals surface area contributed by atoms with E-state index in [1.165, 1.54) is 0 Å². The summed E-state index contributed by atoms with van der Waals surface area (Å²) in [6.45, 7) is 6.45. The molecule has 1 rings (SSSR count). The molecular weight excluding hydrogens is 326 g/mol. The first-order chi connectivity index (χ1) is 8.90. The second-order valence-corrected chi connectivity index (χ2v) is 7.23. The molecule has 0 unspecified atom stereocenters. The molecule has 0 spiro atoms. The fraction of sp³-hybridized carbons (Fsp3) is 0.571. The van der Waals surface area contributed by atoms with E-state index >= 15 is 0 Å². The van der Waals surface area contributed by atoms with E-state index in [-0.39, 0.29) is 5.41 Å². The lowest BCUT2D eigenvalue weighted by atomic mass is 9.85. The van der Waals surface area contributed by atoms with Crippen LogP contribution in [0.25, 0.3) is 0 Å². The molecule has 1 aromatic rings. The van der Waals surface area contributed by atoms with E-state index in [1.54, 1.807) is 12.1 Å². The zero-order valence-electron chi connectivity index (χ0n) is 11.7.